The lowest BCUT2D eigenvalue weighted by Crippen LogP contribution is -2.46. The SMILES string of the molecule is CC1CNc2cc3c(cc2N1CC(F)(F)F)OCO3. The van der Waals surface area contributed by atoms with Gasteiger partial charge in [0.1, 0.15) is 6.54 Å². The maximum Gasteiger partial charge on any atom is 0.405 e. The Balaban J connectivity index is 1.99. The van der Waals surface area contributed by atoms with Gasteiger partial charge in [0.05, 0.1) is 11.4 Å². The van der Waals surface area contributed by atoms with E-state index in [0.29, 0.717) is 29.4 Å². The largest absolute Gasteiger partial charge is 0.454 e. The molecule has 0 aromatic heterocycles. The second-order valence-corrected chi connectivity index (χ2v) is 4.70. The predicted molar refractivity (Wildman–Crippen MR) is 63.9 cm³/mol. The molecule has 0 spiro atoms. The van der Waals surface area contributed by atoms with E-state index in [1.54, 1.807) is 19.1 Å². The molecular formula is C12H13F3N2O2. The van der Waals surface area contributed by atoms with Crippen LogP contribution in [-0.4, -0.2) is 32.1 Å². The first-order valence-electron chi connectivity index (χ1n) is 5.95. The van der Waals surface area contributed by atoms with Crippen LogP contribution in [0.4, 0.5) is 24.5 Å². The number of rotatable bonds is 1. The molecule has 2 heterocycles. The summed E-state index contributed by atoms with van der Waals surface area (Å²) in [5.41, 5.74) is 1.15. The third-order valence-corrected chi connectivity index (χ3v) is 3.27. The number of nitrogens with one attached hydrogen (secondary N) is 1. The summed E-state index contributed by atoms with van der Waals surface area (Å²) < 4.78 is 48.4. The van der Waals surface area contributed by atoms with Crippen molar-refractivity contribution < 1.29 is 22.6 Å². The number of benzene rings is 1. The van der Waals surface area contributed by atoms with E-state index in [2.05, 4.69) is 5.32 Å². The average Bonchev–Trinajstić information content (AvgIpc) is 2.76. The number of hydrogen-bond acceptors (Lipinski definition) is 4. The van der Waals surface area contributed by atoms with Crippen LogP contribution in [0.2, 0.25) is 0 Å². The highest BCUT2D eigenvalue weighted by atomic mass is 19.4. The van der Waals surface area contributed by atoms with Gasteiger partial charge in [0.15, 0.2) is 11.5 Å². The molecule has 0 bridgehead atoms. The molecule has 1 aromatic carbocycles. The first-order valence-corrected chi connectivity index (χ1v) is 5.95. The zero-order valence-electron chi connectivity index (χ0n) is 10.3. The Morgan fingerprint density at radius 1 is 1.32 bits per heavy atom. The molecule has 0 aliphatic carbocycles. The minimum Gasteiger partial charge on any atom is -0.454 e. The van der Waals surface area contributed by atoms with Crippen molar-refractivity contribution in [3.05, 3.63) is 12.1 Å². The van der Waals surface area contributed by atoms with Crippen molar-refractivity contribution in [3.8, 4) is 11.5 Å². The van der Waals surface area contributed by atoms with Crippen LogP contribution in [0.5, 0.6) is 11.5 Å². The summed E-state index contributed by atoms with van der Waals surface area (Å²) in [6.07, 6.45) is -4.24. The molecule has 2 aliphatic rings. The normalized spacial score (nSPS) is 21.1. The van der Waals surface area contributed by atoms with Gasteiger partial charge in [-0.15, -0.1) is 0 Å². The molecule has 104 valence electrons. The van der Waals surface area contributed by atoms with Crippen molar-refractivity contribution in [3.63, 3.8) is 0 Å². The van der Waals surface area contributed by atoms with E-state index in [-0.39, 0.29) is 12.8 Å². The molecule has 0 amide bonds. The van der Waals surface area contributed by atoms with Gasteiger partial charge in [-0.25, -0.2) is 0 Å². The second-order valence-electron chi connectivity index (χ2n) is 4.70. The summed E-state index contributed by atoms with van der Waals surface area (Å²) in [5.74, 6) is 1.05. The Bertz CT molecular complexity index is 504. The summed E-state index contributed by atoms with van der Waals surface area (Å²) in [4.78, 5) is 1.34. The molecule has 1 aromatic rings. The van der Waals surface area contributed by atoms with Crippen molar-refractivity contribution in [2.75, 3.05) is 30.1 Å². The lowest BCUT2D eigenvalue weighted by Gasteiger charge is -2.38. The van der Waals surface area contributed by atoms with E-state index in [1.807, 2.05) is 0 Å². The molecule has 0 saturated carbocycles. The first kappa shape index (κ1) is 12.3. The molecule has 0 fully saturated rings. The lowest BCUT2D eigenvalue weighted by molar-refractivity contribution is -0.120. The Labute approximate surface area is 108 Å². The van der Waals surface area contributed by atoms with E-state index in [4.69, 9.17) is 9.47 Å². The molecule has 1 N–H and O–H groups in total. The fourth-order valence-electron chi connectivity index (χ4n) is 2.35. The number of nitrogens with zero attached hydrogens (tertiary/aromatic N) is 1. The quantitative estimate of drug-likeness (QED) is 0.853. The van der Waals surface area contributed by atoms with Crippen LogP contribution in [0.1, 0.15) is 6.92 Å². The van der Waals surface area contributed by atoms with Gasteiger partial charge in [-0.05, 0) is 6.92 Å². The zero-order valence-corrected chi connectivity index (χ0v) is 10.3. The van der Waals surface area contributed by atoms with Crippen LogP contribution in [0, 0.1) is 0 Å². The Kier molecular flexibility index (Phi) is 2.65. The van der Waals surface area contributed by atoms with Gasteiger partial charge in [0.25, 0.3) is 0 Å². The van der Waals surface area contributed by atoms with Crippen molar-refractivity contribution >= 4 is 11.4 Å². The minimum absolute atomic E-state index is 0.104. The van der Waals surface area contributed by atoms with Gasteiger partial charge < -0.3 is 19.7 Å². The van der Waals surface area contributed by atoms with Crippen LogP contribution in [0.25, 0.3) is 0 Å². The summed E-state index contributed by atoms with van der Waals surface area (Å²) in [5, 5.41) is 3.11. The molecule has 1 atom stereocenters. The predicted octanol–water partition coefficient (Wildman–Crippen LogP) is 2.60. The number of halogens is 3. The lowest BCUT2D eigenvalue weighted by atomic mass is 10.1. The van der Waals surface area contributed by atoms with Gasteiger partial charge in [-0.3, -0.25) is 0 Å². The first-order chi connectivity index (χ1) is 8.94. The zero-order chi connectivity index (χ0) is 13.6. The Hall–Kier alpha value is -1.79. The fourth-order valence-corrected chi connectivity index (χ4v) is 2.35. The fraction of sp³-hybridized carbons (Fsp3) is 0.500. The van der Waals surface area contributed by atoms with E-state index in [1.165, 1.54) is 4.90 Å². The van der Waals surface area contributed by atoms with E-state index in [0.717, 1.165) is 0 Å². The third-order valence-electron chi connectivity index (χ3n) is 3.27. The molecule has 7 heteroatoms. The molecule has 0 saturated heterocycles. The minimum atomic E-state index is -4.24. The molecule has 19 heavy (non-hydrogen) atoms. The highest BCUT2D eigenvalue weighted by Crippen LogP contribution is 2.43. The number of hydrogen-bond donors (Lipinski definition) is 1. The number of fused-ring (bicyclic) bond motifs is 2. The maximum absolute atomic E-state index is 12.7. The number of anilines is 2. The number of ether oxygens (including phenoxy) is 2. The van der Waals surface area contributed by atoms with Crippen LogP contribution < -0.4 is 19.7 Å². The van der Waals surface area contributed by atoms with Crippen molar-refractivity contribution in [2.24, 2.45) is 0 Å². The highest BCUT2D eigenvalue weighted by molar-refractivity contribution is 5.77. The second kappa shape index (κ2) is 4.11. The summed E-state index contributed by atoms with van der Waals surface area (Å²) >= 11 is 0. The molecule has 3 rings (SSSR count). The van der Waals surface area contributed by atoms with Crippen LogP contribution >= 0.6 is 0 Å². The van der Waals surface area contributed by atoms with Crippen molar-refractivity contribution in [1.29, 1.82) is 0 Å². The van der Waals surface area contributed by atoms with E-state index >= 15 is 0 Å². The Morgan fingerprint density at radius 2 is 2.00 bits per heavy atom. The van der Waals surface area contributed by atoms with E-state index < -0.39 is 12.7 Å². The third kappa shape index (κ3) is 2.24. The van der Waals surface area contributed by atoms with Crippen molar-refractivity contribution in [2.45, 2.75) is 19.1 Å². The van der Waals surface area contributed by atoms with E-state index in [9.17, 15) is 13.2 Å². The smallest absolute Gasteiger partial charge is 0.405 e. The van der Waals surface area contributed by atoms with Gasteiger partial charge in [0.2, 0.25) is 6.79 Å². The standard InChI is InChI=1S/C12H13F3N2O2/c1-7-4-16-8-2-10-11(19-6-18-10)3-9(8)17(7)5-12(13,14)15/h2-3,7,16H,4-6H2,1H3. The van der Waals surface area contributed by atoms with Crippen molar-refractivity contribution in [1.82, 2.24) is 0 Å². The highest BCUT2D eigenvalue weighted by Gasteiger charge is 2.36. The molecule has 2 aliphatic heterocycles. The van der Waals surface area contributed by atoms with Gasteiger partial charge in [-0.2, -0.15) is 13.2 Å². The molecule has 4 nitrogen and oxygen atoms in total. The van der Waals surface area contributed by atoms with Gasteiger partial charge >= 0.3 is 6.18 Å². The Morgan fingerprint density at radius 3 is 2.68 bits per heavy atom. The summed E-state index contributed by atoms with van der Waals surface area (Å²) in [6.45, 7) is 1.35. The average molecular weight is 274 g/mol. The van der Waals surface area contributed by atoms with Gasteiger partial charge in [0, 0.05) is 24.7 Å². The molecular weight excluding hydrogens is 261 g/mol. The topological polar surface area (TPSA) is 33.7 Å². The maximum atomic E-state index is 12.7. The van der Waals surface area contributed by atoms with Crippen LogP contribution in [0.3, 0.4) is 0 Å². The van der Waals surface area contributed by atoms with Crippen LogP contribution in [0.15, 0.2) is 12.1 Å². The number of alkyl halides is 3. The summed E-state index contributed by atoms with van der Waals surface area (Å²) in [6, 6.07) is 3.05. The van der Waals surface area contributed by atoms with Crippen LogP contribution in [-0.2, 0) is 0 Å². The molecule has 0 radical (unpaired) electrons. The molecule has 1 unspecified atom stereocenters. The monoisotopic (exact) mass is 274 g/mol. The van der Waals surface area contributed by atoms with Gasteiger partial charge in [-0.1, -0.05) is 0 Å². The summed E-state index contributed by atoms with van der Waals surface area (Å²) in [7, 11) is 0.